The highest BCUT2D eigenvalue weighted by molar-refractivity contribution is 6.31. The summed E-state index contributed by atoms with van der Waals surface area (Å²) in [5, 5.41) is 8.25. The molecular formula is C25H32Cl2N8O. The van der Waals surface area contributed by atoms with Crippen molar-refractivity contribution in [3.63, 3.8) is 0 Å². The SMILES string of the molecule is CCN(CC)c1nc(NN=Cc2ccc(N3CCOCC3)cc2)nc(Nc2ccc(C)c(Cl)c2)n1.Cl. The van der Waals surface area contributed by atoms with E-state index in [0.717, 1.165) is 56.2 Å². The minimum absolute atomic E-state index is 0. The van der Waals surface area contributed by atoms with Crippen LogP contribution in [-0.4, -0.2) is 60.6 Å². The Labute approximate surface area is 223 Å². The summed E-state index contributed by atoms with van der Waals surface area (Å²) < 4.78 is 5.43. The fourth-order valence-corrected chi connectivity index (χ4v) is 3.86. The van der Waals surface area contributed by atoms with Crippen molar-refractivity contribution in [2.75, 3.05) is 59.9 Å². The van der Waals surface area contributed by atoms with Gasteiger partial charge in [0.15, 0.2) is 0 Å². The van der Waals surface area contributed by atoms with Crippen LogP contribution in [0.15, 0.2) is 47.6 Å². The van der Waals surface area contributed by atoms with Gasteiger partial charge in [0.25, 0.3) is 0 Å². The van der Waals surface area contributed by atoms with Gasteiger partial charge in [0.1, 0.15) is 0 Å². The van der Waals surface area contributed by atoms with Crippen LogP contribution < -0.4 is 20.5 Å². The van der Waals surface area contributed by atoms with Gasteiger partial charge in [-0.15, -0.1) is 12.4 Å². The van der Waals surface area contributed by atoms with Gasteiger partial charge in [0, 0.05) is 42.6 Å². The molecular weight excluding hydrogens is 499 g/mol. The van der Waals surface area contributed by atoms with Crippen LogP contribution in [0.4, 0.5) is 29.2 Å². The number of hydrogen-bond donors (Lipinski definition) is 2. The van der Waals surface area contributed by atoms with E-state index in [4.69, 9.17) is 16.3 Å². The van der Waals surface area contributed by atoms with Gasteiger partial charge < -0.3 is 19.9 Å². The number of aromatic nitrogens is 3. The zero-order valence-corrected chi connectivity index (χ0v) is 22.3. The number of ether oxygens (including phenoxy) is 1. The number of anilines is 5. The van der Waals surface area contributed by atoms with E-state index in [1.165, 1.54) is 5.69 Å². The summed E-state index contributed by atoms with van der Waals surface area (Å²) in [4.78, 5) is 18.0. The molecule has 0 amide bonds. The zero-order chi connectivity index (χ0) is 24.6. The monoisotopic (exact) mass is 530 g/mol. The highest BCUT2D eigenvalue weighted by atomic mass is 35.5. The van der Waals surface area contributed by atoms with Crippen LogP contribution in [0.25, 0.3) is 0 Å². The number of aryl methyl sites for hydroxylation is 1. The molecule has 3 aromatic rings. The number of rotatable bonds is 9. The second kappa shape index (κ2) is 13.2. The normalized spacial score (nSPS) is 13.4. The molecule has 1 saturated heterocycles. The summed E-state index contributed by atoms with van der Waals surface area (Å²) in [7, 11) is 0. The largest absolute Gasteiger partial charge is 0.378 e. The summed E-state index contributed by atoms with van der Waals surface area (Å²) in [5.41, 5.74) is 6.91. The number of nitrogens with one attached hydrogen (secondary N) is 2. The lowest BCUT2D eigenvalue weighted by Gasteiger charge is -2.28. The van der Waals surface area contributed by atoms with Crippen LogP contribution >= 0.6 is 24.0 Å². The van der Waals surface area contributed by atoms with Crippen LogP contribution in [0, 0.1) is 6.92 Å². The fraction of sp³-hybridized carbons (Fsp3) is 0.360. The second-order valence-electron chi connectivity index (χ2n) is 8.10. The molecule has 0 unspecified atom stereocenters. The van der Waals surface area contributed by atoms with Crippen LogP contribution in [0.3, 0.4) is 0 Å². The van der Waals surface area contributed by atoms with Gasteiger partial charge >= 0.3 is 0 Å². The molecule has 192 valence electrons. The van der Waals surface area contributed by atoms with Crippen LogP contribution in [0.2, 0.25) is 5.02 Å². The van der Waals surface area contributed by atoms with E-state index in [2.05, 4.69) is 61.7 Å². The maximum absolute atomic E-state index is 6.28. The van der Waals surface area contributed by atoms with Gasteiger partial charge in [-0.25, -0.2) is 5.43 Å². The molecule has 0 aliphatic carbocycles. The molecule has 0 spiro atoms. The molecule has 2 N–H and O–H groups in total. The Morgan fingerprint density at radius 3 is 2.39 bits per heavy atom. The van der Waals surface area contributed by atoms with Gasteiger partial charge in [-0.3, -0.25) is 0 Å². The number of benzene rings is 2. The van der Waals surface area contributed by atoms with Crippen LogP contribution in [0.5, 0.6) is 0 Å². The Morgan fingerprint density at radius 2 is 1.72 bits per heavy atom. The van der Waals surface area contributed by atoms with Crippen molar-refractivity contribution >= 4 is 59.4 Å². The van der Waals surface area contributed by atoms with E-state index in [1.54, 1.807) is 6.21 Å². The van der Waals surface area contributed by atoms with Crippen molar-refractivity contribution in [3.05, 3.63) is 58.6 Å². The highest BCUT2D eigenvalue weighted by Crippen LogP contribution is 2.23. The molecule has 4 rings (SSSR count). The highest BCUT2D eigenvalue weighted by Gasteiger charge is 2.12. The summed E-state index contributed by atoms with van der Waals surface area (Å²) in [6.07, 6.45) is 1.75. The van der Waals surface area contributed by atoms with Gasteiger partial charge in [-0.1, -0.05) is 29.8 Å². The molecule has 9 nitrogen and oxygen atoms in total. The first-order valence-electron chi connectivity index (χ1n) is 11.8. The first-order chi connectivity index (χ1) is 17.1. The minimum Gasteiger partial charge on any atom is -0.378 e. The molecule has 0 radical (unpaired) electrons. The summed E-state index contributed by atoms with van der Waals surface area (Å²) >= 11 is 6.28. The lowest BCUT2D eigenvalue weighted by Crippen LogP contribution is -2.36. The third kappa shape index (κ3) is 7.19. The van der Waals surface area contributed by atoms with Gasteiger partial charge in [-0.05, 0) is 56.2 Å². The van der Waals surface area contributed by atoms with Crippen molar-refractivity contribution < 1.29 is 4.74 Å². The molecule has 0 saturated carbocycles. The first kappa shape index (κ1) is 27.4. The predicted octanol–water partition coefficient (Wildman–Crippen LogP) is 5.13. The Balaban J connectivity index is 0.00000361. The number of halogens is 2. The number of morpholine rings is 1. The molecule has 36 heavy (non-hydrogen) atoms. The van der Waals surface area contributed by atoms with E-state index < -0.39 is 0 Å². The molecule has 0 bridgehead atoms. The maximum atomic E-state index is 6.28. The number of nitrogens with zero attached hydrogens (tertiary/aromatic N) is 6. The lowest BCUT2D eigenvalue weighted by atomic mass is 10.2. The second-order valence-corrected chi connectivity index (χ2v) is 8.51. The van der Waals surface area contributed by atoms with E-state index in [1.807, 2.05) is 42.2 Å². The van der Waals surface area contributed by atoms with Crippen LogP contribution in [0.1, 0.15) is 25.0 Å². The molecule has 2 aromatic carbocycles. The molecule has 11 heteroatoms. The molecule has 1 fully saturated rings. The first-order valence-corrected chi connectivity index (χ1v) is 12.2. The summed E-state index contributed by atoms with van der Waals surface area (Å²) in [5.74, 6) is 1.33. The molecule has 1 aromatic heterocycles. The maximum Gasteiger partial charge on any atom is 0.250 e. The Bertz CT molecular complexity index is 1150. The minimum atomic E-state index is 0. The fourth-order valence-electron chi connectivity index (χ4n) is 3.68. The summed E-state index contributed by atoms with van der Waals surface area (Å²) in [6.45, 7) is 11.0. The average molecular weight is 531 g/mol. The van der Waals surface area contributed by atoms with E-state index in [0.29, 0.717) is 22.9 Å². The van der Waals surface area contributed by atoms with E-state index >= 15 is 0 Å². The van der Waals surface area contributed by atoms with Crippen molar-refractivity contribution in [2.45, 2.75) is 20.8 Å². The van der Waals surface area contributed by atoms with Crippen molar-refractivity contribution in [3.8, 4) is 0 Å². The van der Waals surface area contributed by atoms with Crippen LogP contribution in [-0.2, 0) is 4.74 Å². The van der Waals surface area contributed by atoms with Gasteiger partial charge in [0.2, 0.25) is 17.8 Å². The van der Waals surface area contributed by atoms with Gasteiger partial charge in [-0.2, -0.15) is 20.1 Å². The summed E-state index contributed by atoms with van der Waals surface area (Å²) in [6, 6.07) is 14.0. The standard InChI is InChI=1S/C25H31ClN8O.ClH/c1-4-33(5-2)25-30-23(28-20-9-6-18(3)22(26)16-20)29-24(31-25)32-27-17-19-7-10-21(11-8-19)34-12-14-35-15-13-34;/h6-11,16-17H,4-5,12-15H2,1-3H3,(H2,28,29,30,31,32);1H. The predicted molar refractivity (Wildman–Crippen MR) is 151 cm³/mol. The third-order valence-electron chi connectivity index (χ3n) is 5.75. The smallest absolute Gasteiger partial charge is 0.250 e. The Kier molecular flexibility index (Phi) is 10.1. The number of hydrogen-bond acceptors (Lipinski definition) is 9. The Morgan fingerprint density at radius 1 is 1.03 bits per heavy atom. The molecule has 1 aliphatic heterocycles. The molecule has 2 heterocycles. The zero-order valence-electron chi connectivity index (χ0n) is 20.7. The van der Waals surface area contributed by atoms with E-state index in [-0.39, 0.29) is 12.4 Å². The molecule has 0 atom stereocenters. The Hall–Kier alpha value is -3.14. The third-order valence-corrected chi connectivity index (χ3v) is 6.15. The lowest BCUT2D eigenvalue weighted by molar-refractivity contribution is 0.122. The topological polar surface area (TPSA) is 90.8 Å². The number of hydrazone groups is 1. The van der Waals surface area contributed by atoms with Crippen molar-refractivity contribution in [2.24, 2.45) is 5.10 Å². The quantitative estimate of drug-likeness (QED) is 0.290. The van der Waals surface area contributed by atoms with Crippen molar-refractivity contribution in [1.29, 1.82) is 0 Å². The van der Waals surface area contributed by atoms with Crippen molar-refractivity contribution in [1.82, 2.24) is 15.0 Å². The molecule has 1 aliphatic rings. The average Bonchev–Trinajstić information content (AvgIpc) is 2.88. The van der Waals surface area contributed by atoms with E-state index in [9.17, 15) is 0 Å². The van der Waals surface area contributed by atoms with Gasteiger partial charge in [0.05, 0.1) is 19.4 Å².